The van der Waals surface area contributed by atoms with Gasteiger partial charge in [-0.15, -0.1) is 15.3 Å². The van der Waals surface area contributed by atoms with Crippen LogP contribution in [0.2, 0.25) is 0 Å². The predicted molar refractivity (Wildman–Crippen MR) is 97.9 cm³/mol. The number of piperidine rings is 1. The van der Waals surface area contributed by atoms with Gasteiger partial charge in [0.15, 0.2) is 11.5 Å². The number of aromatic nitrogens is 4. The third-order valence-corrected chi connectivity index (χ3v) is 4.99. The smallest absolute Gasteiger partial charge is 0.308 e. The number of hydrogen-bond acceptors (Lipinski definition) is 6. The lowest BCUT2D eigenvalue weighted by molar-refractivity contribution is -0.146. The highest BCUT2D eigenvalue weighted by molar-refractivity contribution is 5.72. The van der Waals surface area contributed by atoms with E-state index in [4.69, 9.17) is 9.84 Å². The van der Waals surface area contributed by atoms with E-state index < -0.39 is 0 Å². The molecule has 1 aromatic carbocycles. The summed E-state index contributed by atoms with van der Waals surface area (Å²) in [5.41, 5.74) is 2.87. The summed E-state index contributed by atoms with van der Waals surface area (Å²) in [7, 11) is 1.45. The summed E-state index contributed by atoms with van der Waals surface area (Å²) in [5.74, 6) is 1.48. The second kappa shape index (κ2) is 6.74. The Balaban J connectivity index is 1.63. The molecule has 0 spiro atoms. The number of nitrogens with zero attached hydrogens (tertiary/aromatic N) is 5. The van der Waals surface area contributed by atoms with Crippen molar-refractivity contribution in [1.29, 1.82) is 0 Å². The maximum absolute atomic E-state index is 11.7. The Morgan fingerprint density at radius 2 is 1.88 bits per heavy atom. The van der Waals surface area contributed by atoms with E-state index in [0.717, 1.165) is 54.3 Å². The highest BCUT2D eigenvalue weighted by atomic mass is 16.5. The number of esters is 1. The molecular formula is C19H21N5O2. The van der Waals surface area contributed by atoms with Crippen molar-refractivity contribution >= 4 is 17.4 Å². The molecule has 1 saturated heterocycles. The van der Waals surface area contributed by atoms with Crippen LogP contribution in [-0.4, -0.2) is 46.0 Å². The van der Waals surface area contributed by atoms with Crippen molar-refractivity contribution in [3.8, 4) is 11.4 Å². The van der Waals surface area contributed by atoms with Crippen LogP contribution in [0.15, 0.2) is 36.4 Å². The number of benzene rings is 1. The number of aryl methyl sites for hydroxylation is 1. The first-order valence-corrected chi connectivity index (χ1v) is 8.78. The van der Waals surface area contributed by atoms with E-state index in [9.17, 15) is 4.79 Å². The predicted octanol–water partition coefficient (Wildman–Crippen LogP) is 2.49. The molecule has 0 atom stereocenters. The Morgan fingerprint density at radius 3 is 2.62 bits per heavy atom. The number of carbonyl (C=O) groups excluding carboxylic acids is 1. The molecule has 26 heavy (non-hydrogen) atoms. The molecule has 3 heterocycles. The molecule has 0 bridgehead atoms. The van der Waals surface area contributed by atoms with Gasteiger partial charge in [0.1, 0.15) is 5.82 Å². The maximum atomic E-state index is 11.7. The van der Waals surface area contributed by atoms with Crippen molar-refractivity contribution < 1.29 is 9.53 Å². The van der Waals surface area contributed by atoms with E-state index in [0.29, 0.717) is 0 Å². The number of methoxy groups -OCH3 is 1. The summed E-state index contributed by atoms with van der Waals surface area (Å²) >= 11 is 0. The van der Waals surface area contributed by atoms with Gasteiger partial charge in [0.05, 0.1) is 13.0 Å². The lowest BCUT2D eigenvalue weighted by Gasteiger charge is -2.31. The van der Waals surface area contributed by atoms with Gasteiger partial charge in [-0.3, -0.25) is 4.79 Å². The highest BCUT2D eigenvalue weighted by Gasteiger charge is 2.26. The molecule has 1 fully saturated rings. The van der Waals surface area contributed by atoms with Gasteiger partial charge < -0.3 is 9.64 Å². The van der Waals surface area contributed by atoms with Crippen LogP contribution in [0.25, 0.3) is 17.0 Å². The van der Waals surface area contributed by atoms with Crippen LogP contribution in [-0.2, 0) is 9.53 Å². The molecule has 1 aliphatic rings. The summed E-state index contributed by atoms with van der Waals surface area (Å²) in [6.45, 7) is 3.61. The SMILES string of the molecule is COC(=O)C1CCN(c2ccc3nnc(-c4ccccc4C)n3n2)CC1. The Hall–Kier alpha value is -2.96. The first-order valence-electron chi connectivity index (χ1n) is 8.78. The number of anilines is 1. The number of hydrogen-bond donors (Lipinski definition) is 0. The monoisotopic (exact) mass is 351 g/mol. The van der Waals surface area contributed by atoms with Gasteiger partial charge >= 0.3 is 5.97 Å². The fraction of sp³-hybridized carbons (Fsp3) is 0.368. The maximum Gasteiger partial charge on any atom is 0.308 e. The summed E-state index contributed by atoms with van der Waals surface area (Å²) in [5, 5.41) is 13.3. The summed E-state index contributed by atoms with van der Waals surface area (Å²) in [6.07, 6.45) is 1.55. The largest absolute Gasteiger partial charge is 0.469 e. The number of carbonyl (C=O) groups is 1. The average molecular weight is 351 g/mol. The summed E-state index contributed by atoms with van der Waals surface area (Å²) in [6, 6.07) is 12.0. The van der Waals surface area contributed by atoms with E-state index in [1.165, 1.54) is 7.11 Å². The molecule has 1 aliphatic heterocycles. The molecule has 4 rings (SSSR count). The lowest BCUT2D eigenvalue weighted by atomic mass is 9.97. The van der Waals surface area contributed by atoms with Gasteiger partial charge in [-0.05, 0) is 37.5 Å². The van der Waals surface area contributed by atoms with Crippen LogP contribution in [0.3, 0.4) is 0 Å². The van der Waals surface area contributed by atoms with E-state index >= 15 is 0 Å². The standard InChI is InChI=1S/C19H21N5O2/c1-13-5-3-4-6-15(13)18-21-20-16-7-8-17(22-24(16)18)23-11-9-14(10-12-23)19(25)26-2/h3-8,14H,9-12H2,1-2H3. The minimum Gasteiger partial charge on any atom is -0.469 e. The number of fused-ring (bicyclic) bond motifs is 1. The van der Waals surface area contributed by atoms with Crippen LogP contribution in [0.1, 0.15) is 18.4 Å². The highest BCUT2D eigenvalue weighted by Crippen LogP contribution is 2.25. The molecule has 0 unspecified atom stereocenters. The molecule has 0 amide bonds. The molecule has 3 aromatic rings. The normalized spacial score (nSPS) is 15.4. The zero-order valence-corrected chi connectivity index (χ0v) is 14.9. The first kappa shape index (κ1) is 16.5. The van der Waals surface area contributed by atoms with Gasteiger partial charge in [0.25, 0.3) is 0 Å². The van der Waals surface area contributed by atoms with Crippen molar-refractivity contribution in [2.75, 3.05) is 25.1 Å². The van der Waals surface area contributed by atoms with E-state index in [-0.39, 0.29) is 11.9 Å². The Morgan fingerprint density at radius 1 is 1.12 bits per heavy atom. The molecule has 7 heteroatoms. The van der Waals surface area contributed by atoms with Crippen LogP contribution < -0.4 is 4.90 Å². The van der Waals surface area contributed by atoms with Gasteiger partial charge in [0.2, 0.25) is 0 Å². The van der Waals surface area contributed by atoms with Crippen molar-refractivity contribution in [3.63, 3.8) is 0 Å². The van der Waals surface area contributed by atoms with Crippen LogP contribution >= 0.6 is 0 Å². The fourth-order valence-corrected chi connectivity index (χ4v) is 3.45. The third-order valence-electron chi connectivity index (χ3n) is 4.99. The molecule has 0 N–H and O–H groups in total. The van der Waals surface area contributed by atoms with Crippen molar-refractivity contribution in [3.05, 3.63) is 42.0 Å². The molecule has 0 saturated carbocycles. The second-order valence-electron chi connectivity index (χ2n) is 6.58. The quantitative estimate of drug-likeness (QED) is 0.675. The van der Waals surface area contributed by atoms with Crippen molar-refractivity contribution in [1.82, 2.24) is 19.8 Å². The third kappa shape index (κ3) is 2.89. The van der Waals surface area contributed by atoms with E-state index in [1.807, 2.05) is 30.3 Å². The Bertz CT molecular complexity index is 944. The zero-order chi connectivity index (χ0) is 18.1. The molecule has 0 aliphatic carbocycles. The second-order valence-corrected chi connectivity index (χ2v) is 6.58. The van der Waals surface area contributed by atoms with Crippen molar-refractivity contribution in [2.45, 2.75) is 19.8 Å². The van der Waals surface area contributed by atoms with E-state index in [1.54, 1.807) is 4.52 Å². The van der Waals surface area contributed by atoms with Gasteiger partial charge in [-0.25, -0.2) is 0 Å². The minimum absolute atomic E-state index is 0.0163. The molecule has 2 aromatic heterocycles. The number of rotatable bonds is 3. The molecule has 0 radical (unpaired) electrons. The Kier molecular flexibility index (Phi) is 4.28. The zero-order valence-electron chi connectivity index (χ0n) is 14.9. The van der Waals surface area contributed by atoms with Crippen LogP contribution in [0.5, 0.6) is 0 Å². The van der Waals surface area contributed by atoms with Gasteiger partial charge in [0, 0.05) is 18.7 Å². The topological polar surface area (TPSA) is 72.6 Å². The van der Waals surface area contributed by atoms with Gasteiger partial charge in [-0.2, -0.15) is 4.52 Å². The van der Waals surface area contributed by atoms with Crippen LogP contribution in [0, 0.1) is 12.8 Å². The first-order chi connectivity index (χ1) is 12.7. The number of ether oxygens (including phenoxy) is 1. The summed E-state index contributed by atoms with van der Waals surface area (Å²) < 4.78 is 6.66. The van der Waals surface area contributed by atoms with Crippen LogP contribution in [0.4, 0.5) is 5.82 Å². The van der Waals surface area contributed by atoms with Crippen molar-refractivity contribution in [2.24, 2.45) is 5.92 Å². The van der Waals surface area contributed by atoms with Gasteiger partial charge in [-0.1, -0.05) is 24.3 Å². The average Bonchev–Trinajstić information content (AvgIpc) is 3.11. The molecule has 134 valence electrons. The fourth-order valence-electron chi connectivity index (χ4n) is 3.45. The Labute approximate surface area is 151 Å². The summed E-state index contributed by atoms with van der Waals surface area (Å²) in [4.78, 5) is 13.9. The minimum atomic E-state index is -0.117. The lowest BCUT2D eigenvalue weighted by Crippen LogP contribution is -2.37. The molecular weight excluding hydrogens is 330 g/mol. The van der Waals surface area contributed by atoms with E-state index in [2.05, 4.69) is 28.1 Å². The molecule has 7 nitrogen and oxygen atoms in total.